The second kappa shape index (κ2) is 3.60. The lowest BCUT2D eigenvalue weighted by atomic mass is 10.0. The first-order chi connectivity index (χ1) is 6.86. The van der Waals surface area contributed by atoms with E-state index in [2.05, 4.69) is 0 Å². The van der Waals surface area contributed by atoms with E-state index in [1.54, 1.807) is 11.3 Å². The number of carbonyl (C=O) groups is 1. The molecule has 1 heterocycles. The molecule has 0 amide bonds. The fraction of sp³-hybridized carbons (Fsp3) is 0.0909. The van der Waals surface area contributed by atoms with Crippen LogP contribution in [0, 0.1) is 11.3 Å². The van der Waals surface area contributed by atoms with Gasteiger partial charge in [0, 0.05) is 4.70 Å². The van der Waals surface area contributed by atoms with Gasteiger partial charge in [0.25, 0.3) is 0 Å². The van der Waals surface area contributed by atoms with Crippen LogP contribution in [0.15, 0.2) is 29.6 Å². The van der Waals surface area contributed by atoms with E-state index in [0.29, 0.717) is 6.29 Å². The number of hydrogen-bond acceptors (Lipinski definition) is 3. The summed E-state index contributed by atoms with van der Waals surface area (Å²) in [7, 11) is 0. The van der Waals surface area contributed by atoms with Gasteiger partial charge in [-0.25, -0.2) is 0 Å². The molecule has 0 saturated carbocycles. The Balaban J connectivity index is 2.64. The van der Waals surface area contributed by atoms with Crippen LogP contribution in [0.3, 0.4) is 0 Å². The van der Waals surface area contributed by atoms with Crippen LogP contribution in [-0.2, 0) is 4.79 Å². The summed E-state index contributed by atoms with van der Waals surface area (Å²) in [5, 5.41) is 11.7. The SMILES string of the molecule is N#CC(C=O)c1csc2ccccc12. The third-order valence-electron chi connectivity index (χ3n) is 2.12. The summed E-state index contributed by atoms with van der Waals surface area (Å²) in [4.78, 5) is 10.7. The van der Waals surface area contributed by atoms with Crippen LogP contribution in [0.4, 0.5) is 0 Å². The molecule has 0 aliphatic carbocycles. The van der Waals surface area contributed by atoms with Crippen molar-refractivity contribution in [1.82, 2.24) is 0 Å². The fourth-order valence-electron chi connectivity index (χ4n) is 1.41. The molecular formula is C11H7NOS. The van der Waals surface area contributed by atoms with E-state index in [1.165, 1.54) is 0 Å². The minimum atomic E-state index is -0.633. The Morgan fingerprint density at radius 2 is 2.21 bits per heavy atom. The second-order valence-corrected chi connectivity index (χ2v) is 3.84. The standard InChI is InChI=1S/C11H7NOS/c12-5-8(6-13)10-7-14-11-4-2-1-3-9(10)11/h1-4,6-8H. The zero-order valence-electron chi connectivity index (χ0n) is 7.31. The van der Waals surface area contributed by atoms with E-state index in [1.807, 2.05) is 35.7 Å². The lowest BCUT2D eigenvalue weighted by Gasteiger charge is -1.97. The van der Waals surface area contributed by atoms with Gasteiger partial charge in [-0.2, -0.15) is 5.26 Å². The smallest absolute Gasteiger partial charge is 0.141 e. The Labute approximate surface area is 85.4 Å². The monoisotopic (exact) mass is 201 g/mol. The van der Waals surface area contributed by atoms with Gasteiger partial charge >= 0.3 is 0 Å². The molecule has 0 radical (unpaired) electrons. The summed E-state index contributed by atoms with van der Waals surface area (Å²) in [6.07, 6.45) is 0.689. The van der Waals surface area contributed by atoms with Gasteiger partial charge in [-0.15, -0.1) is 11.3 Å². The van der Waals surface area contributed by atoms with Gasteiger partial charge in [0.05, 0.1) is 6.07 Å². The first kappa shape index (κ1) is 8.92. The molecule has 0 bridgehead atoms. The molecular weight excluding hydrogens is 194 g/mol. The molecule has 0 N–H and O–H groups in total. The zero-order valence-corrected chi connectivity index (χ0v) is 8.12. The molecule has 2 aromatic rings. The van der Waals surface area contributed by atoms with Gasteiger partial charge in [0.2, 0.25) is 0 Å². The maximum Gasteiger partial charge on any atom is 0.141 e. The fourth-order valence-corrected chi connectivity index (χ4v) is 2.41. The van der Waals surface area contributed by atoms with Crippen molar-refractivity contribution in [3.8, 4) is 6.07 Å². The van der Waals surface area contributed by atoms with Crippen LogP contribution in [0.2, 0.25) is 0 Å². The van der Waals surface area contributed by atoms with Crippen molar-refractivity contribution in [2.75, 3.05) is 0 Å². The lowest BCUT2D eigenvalue weighted by Crippen LogP contribution is -1.94. The van der Waals surface area contributed by atoms with E-state index < -0.39 is 5.92 Å². The van der Waals surface area contributed by atoms with E-state index in [4.69, 9.17) is 5.26 Å². The highest BCUT2D eigenvalue weighted by Crippen LogP contribution is 2.29. The van der Waals surface area contributed by atoms with Gasteiger partial charge in [0.1, 0.15) is 12.2 Å². The summed E-state index contributed by atoms with van der Waals surface area (Å²) in [6.45, 7) is 0. The predicted molar refractivity (Wildman–Crippen MR) is 56.2 cm³/mol. The Kier molecular flexibility index (Phi) is 2.30. The normalized spacial score (nSPS) is 12.2. The summed E-state index contributed by atoms with van der Waals surface area (Å²) in [6, 6.07) is 9.78. The van der Waals surface area contributed by atoms with E-state index >= 15 is 0 Å². The quantitative estimate of drug-likeness (QED) is 0.701. The Hall–Kier alpha value is -1.66. The maximum atomic E-state index is 10.7. The third-order valence-corrected chi connectivity index (χ3v) is 3.10. The molecule has 68 valence electrons. The van der Waals surface area contributed by atoms with Crippen molar-refractivity contribution in [3.63, 3.8) is 0 Å². The lowest BCUT2D eigenvalue weighted by molar-refractivity contribution is -0.108. The van der Waals surface area contributed by atoms with Crippen LogP contribution in [0.5, 0.6) is 0 Å². The van der Waals surface area contributed by atoms with Crippen LogP contribution in [0.1, 0.15) is 11.5 Å². The number of rotatable bonds is 2. The van der Waals surface area contributed by atoms with Crippen molar-refractivity contribution < 1.29 is 4.79 Å². The summed E-state index contributed by atoms with van der Waals surface area (Å²) in [5.41, 5.74) is 0.822. The number of benzene rings is 1. The topological polar surface area (TPSA) is 40.9 Å². The molecule has 0 aliphatic rings. The molecule has 1 atom stereocenters. The number of nitriles is 1. The molecule has 3 heteroatoms. The molecule has 2 rings (SSSR count). The van der Waals surface area contributed by atoms with Gasteiger partial charge in [-0.3, -0.25) is 0 Å². The number of hydrogen-bond donors (Lipinski definition) is 0. The van der Waals surface area contributed by atoms with Crippen molar-refractivity contribution >= 4 is 27.7 Å². The average molecular weight is 201 g/mol. The highest BCUT2D eigenvalue weighted by molar-refractivity contribution is 7.17. The Morgan fingerprint density at radius 1 is 1.43 bits per heavy atom. The number of fused-ring (bicyclic) bond motifs is 1. The summed E-state index contributed by atoms with van der Waals surface area (Å²) >= 11 is 1.56. The predicted octanol–water partition coefficient (Wildman–Crippen LogP) is 2.71. The van der Waals surface area contributed by atoms with E-state index in [0.717, 1.165) is 15.6 Å². The maximum absolute atomic E-state index is 10.7. The Bertz CT molecular complexity index is 509. The summed E-state index contributed by atoms with van der Waals surface area (Å²) < 4.78 is 1.12. The van der Waals surface area contributed by atoms with Crippen molar-refractivity contribution in [1.29, 1.82) is 5.26 Å². The molecule has 1 unspecified atom stereocenters. The van der Waals surface area contributed by atoms with Crippen LogP contribution in [-0.4, -0.2) is 6.29 Å². The minimum Gasteiger partial charge on any atom is -0.302 e. The summed E-state index contributed by atoms with van der Waals surface area (Å²) in [5.74, 6) is -0.633. The van der Waals surface area contributed by atoms with Crippen molar-refractivity contribution in [2.45, 2.75) is 5.92 Å². The molecule has 0 saturated heterocycles. The van der Waals surface area contributed by atoms with Gasteiger partial charge in [-0.1, -0.05) is 18.2 Å². The van der Waals surface area contributed by atoms with Crippen LogP contribution >= 0.6 is 11.3 Å². The highest BCUT2D eigenvalue weighted by atomic mass is 32.1. The first-order valence-corrected chi connectivity index (χ1v) is 5.06. The zero-order chi connectivity index (χ0) is 9.97. The number of thiophene rings is 1. The van der Waals surface area contributed by atoms with Gasteiger partial charge in [0.15, 0.2) is 0 Å². The molecule has 0 fully saturated rings. The largest absolute Gasteiger partial charge is 0.302 e. The Morgan fingerprint density at radius 3 is 2.93 bits per heavy atom. The van der Waals surface area contributed by atoms with Gasteiger partial charge < -0.3 is 4.79 Å². The number of aldehydes is 1. The van der Waals surface area contributed by atoms with Gasteiger partial charge in [-0.05, 0) is 22.4 Å². The van der Waals surface area contributed by atoms with Crippen LogP contribution < -0.4 is 0 Å². The molecule has 14 heavy (non-hydrogen) atoms. The average Bonchev–Trinajstić information content (AvgIpc) is 2.65. The molecule has 0 spiro atoms. The number of nitrogens with zero attached hydrogens (tertiary/aromatic N) is 1. The molecule has 0 aliphatic heterocycles. The molecule has 2 nitrogen and oxygen atoms in total. The third kappa shape index (κ3) is 1.30. The molecule has 1 aromatic heterocycles. The van der Waals surface area contributed by atoms with E-state index in [-0.39, 0.29) is 0 Å². The number of carbonyl (C=O) groups excluding carboxylic acids is 1. The second-order valence-electron chi connectivity index (χ2n) is 2.93. The van der Waals surface area contributed by atoms with Crippen molar-refractivity contribution in [2.24, 2.45) is 0 Å². The van der Waals surface area contributed by atoms with Crippen LogP contribution in [0.25, 0.3) is 10.1 Å². The minimum absolute atomic E-state index is 0.633. The van der Waals surface area contributed by atoms with E-state index in [9.17, 15) is 4.79 Å². The van der Waals surface area contributed by atoms with Crippen molar-refractivity contribution in [3.05, 3.63) is 35.2 Å². The molecule has 1 aromatic carbocycles. The first-order valence-electron chi connectivity index (χ1n) is 4.18. The highest BCUT2D eigenvalue weighted by Gasteiger charge is 2.13.